The average Bonchev–Trinajstić information content (AvgIpc) is 3.27. The van der Waals surface area contributed by atoms with Crippen molar-refractivity contribution in [1.29, 1.82) is 0 Å². The van der Waals surface area contributed by atoms with E-state index in [4.69, 9.17) is 4.74 Å². The van der Waals surface area contributed by atoms with Crippen LogP contribution in [-0.4, -0.2) is 60.4 Å². The maximum absolute atomic E-state index is 12.8. The molecule has 33 heavy (non-hydrogen) atoms. The van der Waals surface area contributed by atoms with Crippen LogP contribution in [0.25, 0.3) is 0 Å². The minimum absolute atomic E-state index is 0.0807. The SMILES string of the molecule is O=C(c1ccccc1)N1CCN([C@@H]2CC(=O)N(c3ccc(Oc4ccccc4)cc3)C2)CC1. The second-order valence-electron chi connectivity index (χ2n) is 8.47. The van der Waals surface area contributed by atoms with Crippen LogP contribution in [0.4, 0.5) is 5.69 Å². The number of nitrogens with zero attached hydrogens (tertiary/aromatic N) is 3. The van der Waals surface area contributed by atoms with Crippen LogP contribution >= 0.6 is 0 Å². The van der Waals surface area contributed by atoms with Crippen molar-refractivity contribution in [2.45, 2.75) is 12.5 Å². The van der Waals surface area contributed by atoms with Crippen molar-refractivity contribution in [3.05, 3.63) is 90.5 Å². The zero-order chi connectivity index (χ0) is 22.6. The van der Waals surface area contributed by atoms with E-state index in [0.717, 1.165) is 35.8 Å². The smallest absolute Gasteiger partial charge is 0.253 e. The molecule has 0 radical (unpaired) electrons. The highest BCUT2D eigenvalue weighted by Crippen LogP contribution is 2.28. The molecule has 168 valence electrons. The van der Waals surface area contributed by atoms with E-state index >= 15 is 0 Å². The van der Waals surface area contributed by atoms with E-state index < -0.39 is 0 Å². The summed E-state index contributed by atoms with van der Waals surface area (Å²) in [4.78, 5) is 31.6. The van der Waals surface area contributed by atoms with Crippen LogP contribution in [0.5, 0.6) is 11.5 Å². The number of hydrogen-bond donors (Lipinski definition) is 0. The van der Waals surface area contributed by atoms with Crippen LogP contribution in [0.1, 0.15) is 16.8 Å². The Labute approximate surface area is 194 Å². The first kappa shape index (κ1) is 21.2. The number of para-hydroxylation sites is 1. The maximum Gasteiger partial charge on any atom is 0.253 e. The van der Waals surface area contributed by atoms with E-state index in [2.05, 4.69) is 4.90 Å². The van der Waals surface area contributed by atoms with Crippen molar-refractivity contribution in [3.8, 4) is 11.5 Å². The molecule has 0 bridgehead atoms. The Morgan fingerprint density at radius 3 is 2.03 bits per heavy atom. The molecule has 2 amide bonds. The van der Waals surface area contributed by atoms with Gasteiger partial charge in [-0.1, -0.05) is 36.4 Å². The molecule has 0 spiro atoms. The second kappa shape index (κ2) is 9.46. The van der Waals surface area contributed by atoms with Gasteiger partial charge in [-0.25, -0.2) is 0 Å². The predicted molar refractivity (Wildman–Crippen MR) is 128 cm³/mol. The van der Waals surface area contributed by atoms with Gasteiger partial charge in [-0.3, -0.25) is 14.5 Å². The molecule has 2 fully saturated rings. The molecule has 6 heteroatoms. The first-order chi connectivity index (χ1) is 16.2. The minimum atomic E-state index is 0.0807. The molecule has 1 atom stereocenters. The number of carbonyl (C=O) groups is 2. The lowest BCUT2D eigenvalue weighted by Gasteiger charge is -2.37. The van der Waals surface area contributed by atoms with Gasteiger partial charge in [-0.15, -0.1) is 0 Å². The lowest BCUT2D eigenvalue weighted by molar-refractivity contribution is -0.117. The first-order valence-corrected chi connectivity index (χ1v) is 11.4. The standard InChI is InChI=1S/C27H27N3O3/c31-26-19-23(28-15-17-29(18-16-28)27(32)21-7-3-1-4-8-21)20-30(26)22-11-13-25(14-12-22)33-24-9-5-2-6-10-24/h1-14,23H,15-20H2/t23-/m1/s1. The number of benzene rings is 3. The molecule has 6 nitrogen and oxygen atoms in total. The van der Waals surface area contributed by atoms with Gasteiger partial charge in [0.1, 0.15) is 11.5 Å². The van der Waals surface area contributed by atoms with Crippen molar-refractivity contribution in [2.24, 2.45) is 0 Å². The summed E-state index contributed by atoms with van der Waals surface area (Å²) in [5.74, 6) is 1.75. The Balaban J connectivity index is 1.17. The molecule has 5 rings (SSSR count). The highest BCUT2D eigenvalue weighted by atomic mass is 16.5. The van der Waals surface area contributed by atoms with E-state index in [-0.39, 0.29) is 17.9 Å². The summed E-state index contributed by atoms with van der Waals surface area (Å²) in [5, 5.41) is 0. The van der Waals surface area contributed by atoms with Gasteiger partial charge in [0, 0.05) is 56.4 Å². The number of rotatable bonds is 5. The van der Waals surface area contributed by atoms with E-state index in [1.54, 1.807) is 0 Å². The molecule has 0 aliphatic carbocycles. The van der Waals surface area contributed by atoms with Gasteiger partial charge >= 0.3 is 0 Å². The first-order valence-electron chi connectivity index (χ1n) is 11.4. The van der Waals surface area contributed by atoms with Crippen LogP contribution in [0, 0.1) is 0 Å². The Hall–Kier alpha value is -3.64. The lowest BCUT2D eigenvalue weighted by atomic mass is 10.1. The fourth-order valence-electron chi connectivity index (χ4n) is 4.56. The lowest BCUT2D eigenvalue weighted by Crippen LogP contribution is -2.52. The summed E-state index contributed by atoms with van der Waals surface area (Å²) in [6, 6.07) is 26.9. The zero-order valence-electron chi connectivity index (χ0n) is 18.5. The molecule has 3 aromatic rings. The number of ether oxygens (including phenoxy) is 1. The molecule has 0 aromatic heterocycles. The van der Waals surface area contributed by atoms with Crippen molar-refractivity contribution in [1.82, 2.24) is 9.80 Å². The average molecular weight is 442 g/mol. The Kier molecular flexibility index (Phi) is 6.09. The van der Waals surface area contributed by atoms with E-state index in [9.17, 15) is 9.59 Å². The van der Waals surface area contributed by atoms with Crippen molar-refractivity contribution in [2.75, 3.05) is 37.6 Å². The quantitative estimate of drug-likeness (QED) is 0.600. The summed E-state index contributed by atoms with van der Waals surface area (Å²) >= 11 is 0. The number of piperazine rings is 1. The number of anilines is 1. The second-order valence-corrected chi connectivity index (χ2v) is 8.47. The van der Waals surface area contributed by atoms with Crippen LogP contribution in [0.15, 0.2) is 84.9 Å². The van der Waals surface area contributed by atoms with Gasteiger partial charge < -0.3 is 14.5 Å². The Bertz CT molecular complexity index is 1090. The van der Waals surface area contributed by atoms with Gasteiger partial charge in [0.2, 0.25) is 5.91 Å². The maximum atomic E-state index is 12.8. The highest BCUT2D eigenvalue weighted by Gasteiger charge is 2.36. The molecule has 2 aliphatic heterocycles. The number of carbonyl (C=O) groups excluding carboxylic acids is 2. The van der Waals surface area contributed by atoms with Gasteiger partial charge in [-0.05, 0) is 48.5 Å². The van der Waals surface area contributed by atoms with Gasteiger partial charge in [0.25, 0.3) is 5.91 Å². The van der Waals surface area contributed by atoms with Gasteiger partial charge in [0.15, 0.2) is 0 Å². The summed E-state index contributed by atoms with van der Waals surface area (Å²) in [6.45, 7) is 3.61. The van der Waals surface area contributed by atoms with E-state index in [1.165, 1.54) is 0 Å². The molecule has 0 unspecified atom stereocenters. The zero-order valence-corrected chi connectivity index (χ0v) is 18.5. The number of hydrogen-bond acceptors (Lipinski definition) is 4. The molecule has 3 aromatic carbocycles. The van der Waals surface area contributed by atoms with Crippen LogP contribution in [0.2, 0.25) is 0 Å². The summed E-state index contributed by atoms with van der Waals surface area (Å²) in [5.41, 5.74) is 1.62. The number of amides is 2. The van der Waals surface area contributed by atoms with Crippen molar-refractivity contribution >= 4 is 17.5 Å². The molecular formula is C27H27N3O3. The third-order valence-corrected chi connectivity index (χ3v) is 6.37. The highest BCUT2D eigenvalue weighted by molar-refractivity contribution is 5.96. The molecule has 0 N–H and O–H groups in total. The molecule has 0 saturated carbocycles. The fraction of sp³-hybridized carbons (Fsp3) is 0.259. The predicted octanol–water partition coefficient (Wildman–Crippen LogP) is 4.04. The summed E-state index contributed by atoms with van der Waals surface area (Å²) in [7, 11) is 0. The van der Waals surface area contributed by atoms with Crippen LogP contribution in [-0.2, 0) is 4.79 Å². The van der Waals surface area contributed by atoms with Crippen LogP contribution in [0.3, 0.4) is 0 Å². The third kappa shape index (κ3) is 4.76. The summed E-state index contributed by atoms with van der Waals surface area (Å²) < 4.78 is 5.86. The summed E-state index contributed by atoms with van der Waals surface area (Å²) in [6.07, 6.45) is 0.509. The van der Waals surface area contributed by atoms with Crippen molar-refractivity contribution < 1.29 is 14.3 Å². The fourth-order valence-corrected chi connectivity index (χ4v) is 4.56. The van der Waals surface area contributed by atoms with Gasteiger partial charge in [-0.2, -0.15) is 0 Å². The molecular weight excluding hydrogens is 414 g/mol. The normalized spacial score (nSPS) is 19.0. The van der Waals surface area contributed by atoms with Crippen LogP contribution < -0.4 is 9.64 Å². The Morgan fingerprint density at radius 2 is 1.36 bits per heavy atom. The van der Waals surface area contributed by atoms with E-state index in [0.29, 0.717) is 26.1 Å². The minimum Gasteiger partial charge on any atom is -0.457 e. The monoisotopic (exact) mass is 441 g/mol. The third-order valence-electron chi connectivity index (χ3n) is 6.37. The largest absolute Gasteiger partial charge is 0.457 e. The molecule has 2 heterocycles. The molecule has 2 aliphatic rings. The van der Waals surface area contributed by atoms with E-state index in [1.807, 2.05) is 94.7 Å². The molecule has 2 saturated heterocycles. The van der Waals surface area contributed by atoms with Crippen molar-refractivity contribution in [3.63, 3.8) is 0 Å². The Morgan fingerprint density at radius 1 is 0.758 bits per heavy atom. The topological polar surface area (TPSA) is 53.1 Å². The van der Waals surface area contributed by atoms with Gasteiger partial charge in [0.05, 0.1) is 0 Å².